The summed E-state index contributed by atoms with van der Waals surface area (Å²) in [7, 11) is 4.20. The van der Waals surface area contributed by atoms with E-state index in [0.29, 0.717) is 6.54 Å². The maximum absolute atomic E-state index is 14.4. The first-order valence-electron chi connectivity index (χ1n) is 9.77. The molecule has 1 aliphatic carbocycles. The summed E-state index contributed by atoms with van der Waals surface area (Å²) in [4.78, 5) is 20.3. The van der Waals surface area contributed by atoms with Crippen molar-refractivity contribution in [2.24, 2.45) is 0 Å². The van der Waals surface area contributed by atoms with E-state index in [1.807, 2.05) is 12.1 Å². The van der Waals surface area contributed by atoms with Crippen molar-refractivity contribution in [3.63, 3.8) is 0 Å². The highest BCUT2D eigenvalue weighted by atomic mass is 19.1. The molecule has 29 heavy (non-hydrogen) atoms. The Kier molecular flexibility index (Phi) is 4.75. The van der Waals surface area contributed by atoms with E-state index in [2.05, 4.69) is 53.6 Å². The smallest absolute Gasteiger partial charge is 0.323 e. The summed E-state index contributed by atoms with van der Waals surface area (Å²) < 4.78 is 14.4. The molecule has 1 aliphatic heterocycles. The summed E-state index contributed by atoms with van der Waals surface area (Å²) in [6, 6.07) is 13.1. The average molecular weight is 393 g/mol. The third-order valence-electron chi connectivity index (χ3n) is 6.49. The van der Waals surface area contributed by atoms with Gasteiger partial charge in [0.15, 0.2) is 11.6 Å². The zero-order valence-electron chi connectivity index (χ0n) is 16.7. The van der Waals surface area contributed by atoms with Crippen molar-refractivity contribution in [3.8, 4) is 6.07 Å². The number of benzene rings is 1. The molecule has 2 aromatic rings. The predicted molar refractivity (Wildman–Crippen MR) is 108 cm³/mol. The van der Waals surface area contributed by atoms with Gasteiger partial charge in [0, 0.05) is 11.7 Å². The molecule has 2 heterocycles. The van der Waals surface area contributed by atoms with Crippen molar-refractivity contribution in [1.29, 1.82) is 5.26 Å². The van der Waals surface area contributed by atoms with Crippen LogP contribution in [0.2, 0.25) is 0 Å². The maximum atomic E-state index is 14.4. The molecule has 1 saturated heterocycles. The van der Waals surface area contributed by atoms with Gasteiger partial charge in [0.2, 0.25) is 0 Å². The lowest BCUT2D eigenvalue weighted by molar-refractivity contribution is 0.0657. The minimum Gasteiger partial charge on any atom is -0.330 e. The number of urea groups is 1. The molecule has 1 N–H and O–H groups in total. The number of pyridine rings is 1. The van der Waals surface area contributed by atoms with Crippen molar-refractivity contribution in [2.45, 2.75) is 36.8 Å². The molecule has 0 atom stereocenters. The fourth-order valence-corrected chi connectivity index (χ4v) is 4.74. The van der Waals surface area contributed by atoms with Gasteiger partial charge in [-0.25, -0.2) is 14.2 Å². The van der Waals surface area contributed by atoms with Crippen LogP contribution >= 0.6 is 0 Å². The second kappa shape index (κ2) is 7.12. The normalized spacial score (nSPS) is 26.6. The number of anilines is 1. The SMILES string of the molecule is CN(C)[C@]1(c2ccccc2)CC[C@]2(CC1)CN(c1ncc(C#N)cc1F)C(=O)N2. The molecule has 150 valence electrons. The summed E-state index contributed by atoms with van der Waals surface area (Å²) in [6.07, 6.45) is 4.66. The number of aromatic nitrogens is 1. The molecular formula is C22H24FN5O. The van der Waals surface area contributed by atoms with Gasteiger partial charge in [-0.05, 0) is 51.4 Å². The highest BCUT2D eigenvalue weighted by Crippen LogP contribution is 2.46. The first kappa shape index (κ1) is 19.3. The molecule has 0 unspecified atom stereocenters. The highest BCUT2D eigenvalue weighted by Gasteiger charge is 2.50. The molecule has 7 heteroatoms. The predicted octanol–water partition coefficient (Wildman–Crippen LogP) is 3.39. The third-order valence-corrected chi connectivity index (χ3v) is 6.49. The molecular weight excluding hydrogens is 369 g/mol. The number of hydrogen-bond acceptors (Lipinski definition) is 4. The minimum absolute atomic E-state index is 0.0223. The average Bonchev–Trinajstić information content (AvgIpc) is 3.04. The first-order valence-corrected chi connectivity index (χ1v) is 9.77. The summed E-state index contributed by atoms with van der Waals surface area (Å²) in [5.74, 6) is -0.676. The Bertz CT molecular complexity index is 961. The quantitative estimate of drug-likeness (QED) is 0.868. The number of halogens is 1. The summed E-state index contributed by atoms with van der Waals surface area (Å²) >= 11 is 0. The third kappa shape index (κ3) is 3.23. The molecule has 6 nitrogen and oxygen atoms in total. The minimum atomic E-state index is -0.654. The Balaban J connectivity index is 1.56. The van der Waals surface area contributed by atoms with Gasteiger partial charge in [0.1, 0.15) is 6.07 Å². The van der Waals surface area contributed by atoms with Crippen LogP contribution in [0.1, 0.15) is 36.8 Å². The van der Waals surface area contributed by atoms with E-state index in [1.54, 1.807) is 0 Å². The monoisotopic (exact) mass is 393 g/mol. The number of nitriles is 1. The van der Waals surface area contributed by atoms with E-state index < -0.39 is 11.4 Å². The Morgan fingerprint density at radius 3 is 2.48 bits per heavy atom. The van der Waals surface area contributed by atoms with Crippen molar-refractivity contribution in [3.05, 3.63) is 59.5 Å². The van der Waals surface area contributed by atoms with E-state index >= 15 is 0 Å². The number of nitrogens with zero attached hydrogens (tertiary/aromatic N) is 4. The van der Waals surface area contributed by atoms with Crippen LogP contribution in [0, 0.1) is 17.1 Å². The zero-order chi connectivity index (χ0) is 20.6. The van der Waals surface area contributed by atoms with Gasteiger partial charge in [0.25, 0.3) is 0 Å². The molecule has 2 fully saturated rings. The number of hydrogen-bond donors (Lipinski definition) is 1. The lowest BCUT2D eigenvalue weighted by Crippen LogP contribution is -2.54. The van der Waals surface area contributed by atoms with Crippen LogP contribution in [-0.4, -0.2) is 42.1 Å². The van der Waals surface area contributed by atoms with E-state index in [0.717, 1.165) is 31.7 Å². The van der Waals surface area contributed by atoms with Gasteiger partial charge < -0.3 is 5.32 Å². The Morgan fingerprint density at radius 2 is 1.90 bits per heavy atom. The number of nitrogens with one attached hydrogen (secondary N) is 1. The van der Waals surface area contributed by atoms with Crippen molar-refractivity contribution < 1.29 is 9.18 Å². The second-order valence-electron chi connectivity index (χ2n) is 8.23. The van der Waals surface area contributed by atoms with Crippen molar-refractivity contribution >= 4 is 11.8 Å². The molecule has 1 saturated carbocycles. The number of carbonyl (C=O) groups is 1. The molecule has 1 aromatic heterocycles. The van der Waals surface area contributed by atoms with Gasteiger partial charge in [0.05, 0.1) is 17.6 Å². The van der Waals surface area contributed by atoms with Crippen LogP contribution in [-0.2, 0) is 5.54 Å². The van der Waals surface area contributed by atoms with Crippen LogP contribution in [0.15, 0.2) is 42.6 Å². The second-order valence-corrected chi connectivity index (χ2v) is 8.23. The fraction of sp³-hybridized carbons (Fsp3) is 0.409. The van der Waals surface area contributed by atoms with Crippen LogP contribution in [0.5, 0.6) is 0 Å². The molecule has 1 aromatic carbocycles. The van der Waals surface area contributed by atoms with Crippen molar-refractivity contribution in [2.75, 3.05) is 25.5 Å². The Labute approximate surface area is 170 Å². The lowest BCUT2D eigenvalue weighted by Gasteiger charge is -2.48. The van der Waals surface area contributed by atoms with Crippen molar-refractivity contribution in [1.82, 2.24) is 15.2 Å². The zero-order valence-corrected chi connectivity index (χ0v) is 16.7. The molecule has 4 rings (SSSR count). The summed E-state index contributed by atoms with van der Waals surface area (Å²) in [5.41, 5.74) is 0.938. The Morgan fingerprint density at radius 1 is 1.21 bits per heavy atom. The molecule has 0 bridgehead atoms. The first-order chi connectivity index (χ1) is 13.9. The molecule has 2 aliphatic rings. The molecule has 2 amide bonds. The molecule has 0 radical (unpaired) electrons. The van der Waals surface area contributed by atoms with E-state index in [1.165, 1.54) is 16.7 Å². The summed E-state index contributed by atoms with van der Waals surface area (Å²) in [5, 5.41) is 12.0. The maximum Gasteiger partial charge on any atom is 0.323 e. The van der Waals surface area contributed by atoms with Crippen LogP contribution in [0.25, 0.3) is 0 Å². The highest BCUT2D eigenvalue weighted by molar-refractivity contribution is 5.94. The van der Waals surface area contributed by atoms with E-state index in [-0.39, 0.29) is 23.0 Å². The number of amides is 2. The van der Waals surface area contributed by atoms with Crippen LogP contribution < -0.4 is 10.2 Å². The van der Waals surface area contributed by atoms with Gasteiger partial charge in [-0.3, -0.25) is 9.80 Å². The molecule has 1 spiro atoms. The lowest BCUT2D eigenvalue weighted by atomic mass is 9.69. The standard InChI is InChI=1S/C22H24FN5O/c1-27(2)22(17-6-4-3-5-7-17)10-8-21(9-11-22)15-28(20(29)26-21)19-18(23)12-16(13-24)14-25-19/h3-7,12,14H,8-11,15H2,1-2H3,(H,26,29)/t21-,22+. The van der Waals surface area contributed by atoms with Gasteiger partial charge >= 0.3 is 6.03 Å². The summed E-state index contributed by atoms with van der Waals surface area (Å²) in [6.45, 7) is 0.375. The van der Waals surface area contributed by atoms with Crippen LogP contribution in [0.4, 0.5) is 15.0 Å². The topological polar surface area (TPSA) is 72.3 Å². The van der Waals surface area contributed by atoms with Gasteiger partial charge in [-0.2, -0.15) is 5.26 Å². The van der Waals surface area contributed by atoms with Crippen LogP contribution in [0.3, 0.4) is 0 Å². The van der Waals surface area contributed by atoms with E-state index in [4.69, 9.17) is 5.26 Å². The largest absolute Gasteiger partial charge is 0.330 e. The van der Waals surface area contributed by atoms with Gasteiger partial charge in [-0.15, -0.1) is 0 Å². The number of rotatable bonds is 3. The van der Waals surface area contributed by atoms with E-state index in [9.17, 15) is 9.18 Å². The number of carbonyl (C=O) groups excluding carboxylic acids is 1. The fourth-order valence-electron chi connectivity index (χ4n) is 4.74. The Hall–Kier alpha value is -2.98. The van der Waals surface area contributed by atoms with Gasteiger partial charge in [-0.1, -0.05) is 30.3 Å².